The van der Waals surface area contributed by atoms with Gasteiger partial charge >= 0.3 is 0 Å². The van der Waals surface area contributed by atoms with E-state index in [-0.39, 0.29) is 17.6 Å². The van der Waals surface area contributed by atoms with Crippen LogP contribution in [0.4, 0.5) is 11.5 Å². The van der Waals surface area contributed by atoms with Crippen molar-refractivity contribution in [1.29, 1.82) is 0 Å². The predicted octanol–water partition coefficient (Wildman–Crippen LogP) is 3.32. The summed E-state index contributed by atoms with van der Waals surface area (Å²) >= 11 is 0. The van der Waals surface area contributed by atoms with Crippen molar-refractivity contribution in [2.24, 2.45) is 5.92 Å². The maximum atomic E-state index is 13.5. The van der Waals surface area contributed by atoms with Crippen LogP contribution >= 0.6 is 0 Å². The van der Waals surface area contributed by atoms with Crippen LogP contribution in [0.1, 0.15) is 55.2 Å². The number of hydrogen-bond acceptors (Lipinski definition) is 7. The van der Waals surface area contributed by atoms with Crippen molar-refractivity contribution < 1.29 is 9.59 Å². The molecule has 9 nitrogen and oxygen atoms in total. The van der Waals surface area contributed by atoms with Crippen molar-refractivity contribution in [3.8, 4) is 0 Å². The van der Waals surface area contributed by atoms with Gasteiger partial charge in [-0.1, -0.05) is 6.42 Å². The Bertz CT molecular complexity index is 1290. The van der Waals surface area contributed by atoms with Gasteiger partial charge in [-0.3, -0.25) is 9.59 Å². The molecule has 2 aromatic heterocycles. The maximum absolute atomic E-state index is 13.5. The fourth-order valence-electron chi connectivity index (χ4n) is 6.08. The summed E-state index contributed by atoms with van der Waals surface area (Å²) in [5.41, 5.74) is 3.65. The molecule has 2 fully saturated rings. The molecule has 37 heavy (non-hydrogen) atoms. The molecule has 5 heterocycles. The molecule has 0 radical (unpaired) electrons. The van der Waals surface area contributed by atoms with Crippen LogP contribution < -0.4 is 9.80 Å². The number of anilines is 2. The number of Topliss-reactive ketones (excluding diaryl/α,β-unsaturated/α-hetero) is 1. The molecule has 1 atom stereocenters. The number of piperidine rings is 1. The normalized spacial score (nSPS) is 20.6. The predicted molar refractivity (Wildman–Crippen MR) is 143 cm³/mol. The molecule has 0 saturated carbocycles. The number of ketones is 1. The maximum Gasteiger partial charge on any atom is 0.227 e. The molecule has 9 heteroatoms. The van der Waals surface area contributed by atoms with Crippen LogP contribution in [0, 0.1) is 5.92 Å². The van der Waals surface area contributed by atoms with E-state index < -0.39 is 0 Å². The minimum atomic E-state index is -0.0272. The van der Waals surface area contributed by atoms with Crippen molar-refractivity contribution in [3.63, 3.8) is 0 Å². The van der Waals surface area contributed by atoms with Gasteiger partial charge in [0.15, 0.2) is 22.8 Å². The second-order valence-corrected chi connectivity index (χ2v) is 10.6. The molecule has 0 aliphatic carbocycles. The lowest BCUT2D eigenvalue weighted by Gasteiger charge is -2.40. The van der Waals surface area contributed by atoms with E-state index in [9.17, 15) is 9.59 Å². The summed E-state index contributed by atoms with van der Waals surface area (Å²) in [5, 5.41) is 0. The van der Waals surface area contributed by atoms with Crippen molar-refractivity contribution in [1.82, 2.24) is 24.4 Å². The first-order chi connectivity index (χ1) is 18.1. The average Bonchev–Trinajstić information content (AvgIpc) is 3.13. The summed E-state index contributed by atoms with van der Waals surface area (Å²) < 4.78 is 2.27. The fraction of sp³-hybridized carbons (Fsp3) is 0.536. The number of fused-ring (bicyclic) bond motifs is 3. The number of aromatic nitrogens is 4. The number of amides is 1. The first-order valence-electron chi connectivity index (χ1n) is 13.7. The van der Waals surface area contributed by atoms with E-state index in [4.69, 9.17) is 4.98 Å². The second kappa shape index (κ2) is 10.1. The van der Waals surface area contributed by atoms with Gasteiger partial charge in [0.1, 0.15) is 12.2 Å². The molecular formula is C28H35N7O2. The molecule has 0 bridgehead atoms. The SMILES string of the molecule is CC(=O)c1ccc(N2CCN(C(=O)[C@@H]3CCCN(c4ncnc5c4nc4n5CCCCC4)C3)CC2)cc1. The van der Waals surface area contributed by atoms with Gasteiger partial charge in [-0.2, -0.15) is 0 Å². The lowest BCUT2D eigenvalue weighted by atomic mass is 9.96. The molecule has 3 aliphatic heterocycles. The van der Waals surface area contributed by atoms with Gasteiger partial charge in [0.05, 0.1) is 5.92 Å². The Kier molecular flexibility index (Phi) is 6.52. The molecular weight excluding hydrogens is 466 g/mol. The Morgan fingerprint density at radius 2 is 1.68 bits per heavy atom. The minimum absolute atomic E-state index is 0.0272. The summed E-state index contributed by atoms with van der Waals surface area (Å²) in [6.45, 7) is 7.16. The minimum Gasteiger partial charge on any atom is -0.368 e. The third kappa shape index (κ3) is 4.67. The van der Waals surface area contributed by atoms with Gasteiger partial charge in [0.25, 0.3) is 0 Å². The van der Waals surface area contributed by atoms with Gasteiger partial charge < -0.3 is 19.3 Å². The van der Waals surface area contributed by atoms with Crippen molar-refractivity contribution in [2.75, 3.05) is 49.1 Å². The van der Waals surface area contributed by atoms with Crippen LogP contribution in [-0.4, -0.2) is 75.4 Å². The molecule has 0 spiro atoms. The lowest BCUT2D eigenvalue weighted by Crippen LogP contribution is -2.52. The molecule has 3 aromatic rings. The summed E-state index contributed by atoms with van der Waals surface area (Å²) in [6, 6.07) is 7.78. The number of carbonyl (C=O) groups is 2. The first-order valence-corrected chi connectivity index (χ1v) is 13.7. The smallest absolute Gasteiger partial charge is 0.227 e. The topological polar surface area (TPSA) is 87.5 Å². The van der Waals surface area contributed by atoms with E-state index in [1.807, 2.05) is 29.2 Å². The van der Waals surface area contributed by atoms with Gasteiger partial charge in [-0.15, -0.1) is 0 Å². The number of hydrogen-bond donors (Lipinski definition) is 0. The first kappa shape index (κ1) is 23.9. The van der Waals surface area contributed by atoms with Crippen LogP contribution in [0.3, 0.4) is 0 Å². The van der Waals surface area contributed by atoms with Crippen LogP contribution in [0.2, 0.25) is 0 Å². The van der Waals surface area contributed by atoms with Crippen molar-refractivity contribution >= 4 is 34.4 Å². The zero-order valence-corrected chi connectivity index (χ0v) is 21.6. The van der Waals surface area contributed by atoms with E-state index in [2.05, 4.69) is 24.3 Å². The molecule has 194 valence electrons. The van der Waals surface area contributed by atoms with Crippen molar-refractivity contribution in [3.05, 3.63) is 42.0 Å². The Labute approximate surface area is 217 Å². The molecule has 1 aromatic carbocycles. The second-order valence-electron chi connectivity index (χ2n) is 10.6. The third-order valence-electron chi connectivity index (χ3n) is 8.17. The number of benzene rings is 1. The number of carbonyl (C=O) groups excluding carboxylic acids is 2. The van der Waals surface area contributed by atoms with Crippen molar-refractivity contribution in [2.45, 2.75) is 52.0 Å². The van der Waals surface area contributed by atoms with E-state index >= 15 is 0 Å². The monoisotopic (exact) mass is 501 g/mol. The highest BCUT2D eigenvalue weighted by molar-refractivity contribution is 5.94. The Balaban J connectivity index is 1.12. The Morgan fingerprint density at radius 1 is 0.865 bits per heavy atom. The van der Waals surface area contributed by atoms with E-state index in [0.717, 1.165) is 99.0 Å². The standard InChI is InChI=1S/C28H35N7O2/c1-20(36)21-8-10-23(11-9-21)32-14-16-33(17-15-32)28(37)22-6-5-12-34(18-22)26-25-27(30-19-29-26)35-13-4-2-3-7-24(35)31-25/h8-11,19,22H,2-7,12-18H2,1H3/t22-/m1/s1. The van der Waals surface area contributed by atoms with Gasteiger partial charge in [0, 0.05) is 63.5 Å². The molecule has 6 rings (SSSR count). The molecule has 1 amide bonds. The summed E-state index contributed by atoms with van der Waals surface area (Å²) in [7, 11) is 0. The van der Waals surface area contributed by atoms with E-state index in [1.165, 1.54) is 12.8 Å². The molecule has 3 aliphatic rings. The van der Waals surface area contributed by atoms with Crippen LogP contribution in [0.5, 0.6) is 0 Å². The number of piperazine rings is 1. The van der Waals surface area contributed by atoms with Gasteiger partial charge in [0.2, 0.25) is 5.91 Å². The zero-order chi connectivity index (χ0) is 25.4. The van der Waals surface area contributed by atoms with Gasteiger partial charge in [-0.05, 0) is 56.9 Å². The number of aryl methyl sites for hydroxylation is 2. The number of nitrogens with zero attached hydrogens (tertiary/aromatic N) is 7. The highest BCUT2D eigenvalue weighted by atomic mass is 16.2. The summed E-state index contributed by atoms with van der Waals surface area (Å²) in [5.74, 6) is 2.30. The number of imidazole rings is 1. The average molecular weight is 502 g/mol. The van der Waals surface area contributed by atoms with Crippen LogP contribution in [-0.2, 0) is 17.8 Å². The number of rotatable bonds is 4. The quantitative estimate of drug-likeness (QED) is 0.507. The van der Waals surface area contributed by atoms with E-state index in [0.29, 0.717) is 6.54 Å². The lowest BCUT2D eigenvalue weighted by molar-refractivity contribution is -0.136. The molecule has 2 saturated heterocycles. The zero-order valence-electron chi connectivity index (χ0n) is 21.6. The van der Waals surface area contributed by atoms with Gasteiger partial charge in [-0.25, -0.2) is 15.0 Å². The fourth-order valence-corrected chi connectivity index (χ4v) is 6.08. The highest BCUT2D eigenvalue weighted by Gasteiger charge is 2.33. The van der Waals surface area contributed by atoms with Crippen LogP contribution in [0.25, 0.3) is 11.2 Å². The summed E-state index contributed by atoms with van der Waals surface area (Å²) in [6.07, 6.45) is 8.10. The molecule has 0 N–H and O–H groups in total. The van der Waals surface area contributed by atoms with E-state index in [1.54, 1.807) is 13.3 Å². The highest BCUT2D eigenvalue weighted by Crippen LogP contribution is 2.30. The molecule has 0 unspecified atom stereocenters. The Morgan fingerprint density at radius 3 is 2.46 bits per heavy atom. The largest absolute Gasteiger partial charge is 0.368 e. The van der Waals surface area contributed by atoms with Crippen LogP contribution in [0.15, 0.2) is 30.6 Å². The third-order valence-corrected chi connectivity index (χ3v) is 8.17. The Hall–Kier alpha value is -3.49. The summed E-state index contributed by atoms with van der Waals surface area (Å²) in [4.78, 5) is 45.9.